The highest BCUT2D eigenvalue weighted by Gasteiger charge is 2.27. The number of carbonyl (C=O) groups excluding carboxylic acids is 1. The van der Waals surface area contributed by atoms with Gasteiger partial charge in [-0.1, -0.05) is 6.42 Å². The Morgan fingerprint density at radius 3 is 2.73 bits per heavy atom. The van der Waals surface area contributed by atoms with E-state index in [1.807, 2.05) is 6.92 Å². The first kappa shape index (κ1) is 12.3. The van der Waals surface area contributed by atoms with Crippen LogP contribution in [0.4, 0.5) is 4.79 Å². The van der Waals surface area contributed by atoms with Gasteiger partial charge in [-0.15, -0.1) is 0 Å². The molecular weight excluding hydrogens is 192 g/mol. The van der Waals surface area contributed by atoms with Crippen LogP contribution in [-0.4, -0.2) is 37.7 Å². The van der Waals surface area contributed by atoms with Crippen LogP contribution in [0.3, 0.4) is 0 Å². The standard InChI is InChI=1S/C11H22N2O2/c1-3-13(2)11(14)15-8-10-6-4-5-9(10)7-12/h9-10H,3-8,12H2,1-2H3. The molecule has 4 nitrogen and oxygen atoms in total. The van der Waals surface area contributed by atoms with Gasteiger partial charge >= 0.3 is 6.09 Å². The summed E-state index contributed by atoms with van der Waals surface area (Å²) < 4.78 is 5.24. The van der Waals surface area contributed by atoms with Crippen LogP contribution in [0.15, 0.2) is 0 Å². The number of nitrogens with zero attached hydrogens (tertiary/aromatic N) is 1. The van der Waals surface area contributed by atoms with Crippen molar-refractivity contribution in [2.45, 2.75) is 26.2 Å². The Morgan fingerprint density at radius 1 is 1.47 bits per heavy atom. The third-order valence-corrected chi connectivity index (χ3v) is 3.33. The van der Waals surface area contributed by atoms with E-state index >= 15 is 0 Å². The molecule has 0 aromatic heterocycles. The summed E-state index contributed by atoms with van der Waals surface area (Å²) in [5.41, 5.74) is 5.67. The topological polar surface area (TPSA) is 55.6 Å². The second-order valence-electron chi connectivity index (χ2n) is 4.28. The molecule has 1 saturated carbocycles. The Labute approximate surface area is 91.8 Å². The second kappa shape index (κ2) is 5.95. The Morgan fingerprint density at radius 2 is 2.13 bits per heavy atom. The Hall–Kier alpha value is -0.770. The van der Waals surface area contributed by atoms with E-state index in [4.69, 9.17) is 10.5 Å². The van der Waals surface area contributed by atoms with Gasteiger partial charge in [0, 0.05) is 13.6 Å². The Kier molecular flexibility index (Phi) is 4.88. The molecule has 2 atom stereocenters. The molecule has 4 heteroatoms. The highest BCUT2D eigenvalue weighted by Crippen LogP contribution is 2.30. The number of carbonyl (C=O) groups is 1. The zero-order chi connectivity index (χ0) is 11.3. The number of rotatable bonds is 4. The molecule has 2 N–H and O–H groups in total. The molecule has 15 heavy (non-hydrogen) atoms. The van der Waals surface area contributed by atoms with Crippen LogP contribution in [-0.2, 0) is 4.74 Å². The van der Waals surface area contributed by atoms with E-state index in [2.05, 4.69) is 0 Å². The molecule has 88 valence electrons. The first-order chi connectivity index (χ1) is 7.19. The van der Waals surface area contributed by atoms with E-state index in [9.17, 15) is 4.79 Å². The smallest absolute Gasteiger partial charge is 0.409 e. The SMILES string of the molecule is CCN(C)C(=O)OCC1CCCC1CN. The number of nitrogens with two attached hydrogens (primary N) is 1. The monoisotopic (exact) mass is 214 g/mol. The van der Waals surface area contributed by atoms with Crippen LogP contribution < -0.4 is 5.73 Å². The van der Waals surface area contributed by atoms with Crippen LogP contribution in [0.2, 0.25) is 0 Å². The zero-order valence-corrected chi connectivity index (χ0v) is 9.74. The minimum atomic E-state index is -0.222. The molecule has 0 aromatic rings. The molecular formula is C11H22N2O2. The van der Waals surface area contributed by atoms with E-state index < -0.39 is 0 Å². The number of hydrogen-bond donors (Lipinski definition) is 1. The highest BCUT2D eigenvalue weighted by atomic mass is 16.6. The van der Waals surface area contributed by atoms with Crippen molar-refractivity contribution in [2.24, 2.45) is 17.6 Å². The van der Waals surface area contributed by atoms with Crippen LogP contribution >= 0.6 is 0 Å². The predicted octanol–water partition coefficient (Wildman–Crippen LogP) is 1.45. The third-order valence-electron chi connectivity index (χ3n) is 3.33. The van der Waals surface area contributed by atoms with E-state index in [0.717, 1.165) is 6.42 Å². The molecule has 0 aromatic carbocycles. The van der Waals surface area contributed by atoms with Gasteiger partial charge in [0.1, 0.15) is 0 Å². The summed E-state index contributed by atoms with van der Waals surface area (Å²) in [6, 6.07) is 0. The lowest BCUT2D eigenvalue weighted by Crippen LogP contribution is -2.30. The van der Waals surface area contributed by atoms with Crippen LogP contribution in [0.25, 0.3) is 0 Å². The molecule has 0 radical (unpaired) electrons. The van der Waals surface area contributed by atoms with Gasteiger partial charge in [0.2, 0.25) is 0 Å². The fraction of sp³-hybridized carbons (Fsp3) is 0.909. The van der Waals surface area contributed by atoms with Crippen LogP contribution in [0, 0.1) is 11.8 Å². The normalized spacial score (nSPS) is 25.3. The molecule has 0 spiro atoms. The summed E-state index contributed by atoms with van der Waals surface area (Å²) in [5.74, 6) is 1.02. The summed E-state index contributed by atoms with van der Waals surface area (Å²) >= 11 is 0. The molecule has 2 unspecified atom stereocenters. The minimum absolute atomic E-state index is 0.222. The zero-order valence-electron chi connectivity index (χ0n) is 9.74. The van der Waals surface area contributed by atoms with E-state index in [1.54, 1.807) is 11.9 Å². The van der Waals surface area contributed by atoms with Crippen molar-refractivity contribution in [3.05, 3.63) is 0 Å². The van der Waals surface area contributed by atoms with Gasteiger partial charge in [-0.25, -0.2) is 4.79 Å². The average Bonchev–Trinajstić information content (AvgIpc) is 2.71. The molecule has 0 aliphatic heterocycles. The maximum atomic E-state index is 11.4. The Bertz CT molecular complexity index is 209. The molecule has 1 aliphatic rings. The quantitative estimate of drug-likeness (QED) is 0.770. The van der Waals surface area contributed by atoms with Gasteiger partial charge < -0.3 is 15.4 Å². The fourth-order valence-electron chi connectivity index (χ4n) is 2.06. The molecule has 1 aliphatic carbocycles. The third kappa shape index (κ3) is 3.38. The van der Waals surface area contributed by atoms with Crippen LogP contribution in [0.5, 0.6) is 0 Å². The van der Waals surface area contributed by atoms with Crippen molar-refractivity contribution < 1.29 is 9.53 Å². The average molecular weight is 214 g/mol. The van der Waals surface area contributed by atoms with Gasteiger partial charge in [-0.05, 0) is 38.1 Å². The largest absolute Gasteiger partial charge is 0.449 e. The van der Waals surface area contributed by atoms with E-state index in [1.165, 1.54) is 12.8 Å². The molecule has 1 rings (SSSR count). The molecule has 0 saturated heterocycles. The first-order valence-corrected chi connectivity index (χ1v) is 5.77. The number of hydrogen-bond acceptors (Lipinski definition) is 3. The molecule has 0 bridgehead atoms. The van der Waals surface area contributed by atoms with E-state index in [-0.39, 0.29) is 6.09 Å². The van der Waals surface area contributed by atoms with Gasteiger partial charge in [-0.2, -0.15) is 0 Å². The lowest BCUT2D eigenvalue weighted by Gasteiger charge is -2.20. The van der Waals surface area contributed by atoms with Gasteiger partial charge in [0.25, 0.3) is 0 Å². The first-order valence-electron chi connectivity index (χ1n) is 5.77. The van der Waals surface area contributed by atoms with Crippen molar-refractivity contribution in [3.63, 3.8) is 0 Å². The fourth-order valence-corrected chi connectivity index (χ4v) is 2.06. The van der Waals surface area contributed by atoms with Gasteiger partial charge in [-0.3, -0.25) is 0 Å². The lowest BCUT2D eigenvalue weighted by atomic mass is 9.97. The molecule has 0 heterocycles. The molecule has 1 fully saturated rings. The van der Waals surface area contributed by atoms with Crippen molar-refractivity contribution in [1.29, 1.82) is 0 Å². The van der Waals surface area contributed by atoms with Crippen LogP contribution in [0.1, 0.15) is 26.2 Å². The lowest BCUT2D eigenvalue weighted by molar-refractivity contribution is 0.0895. The van der Waals surface area contributed by atoms with Gasteiger partial charge in [0.05, 0.1) is 6.61 Å². The summed E-state index contributed by atoms with van der Waals surface area (Å²) in [4.78, 5) is 13.0. The van der Waals surface area contributed by atoms with Crippen molar-refractivity contribution in [3.8, 4) is 0 Å². The maximum Gasteiger partial charge on any atom is 0.409 e. The van der Waals surface area contributed by atoms with Crippen molar-refractivity contribution in [1.82, 2.24) is 4.90 Å². The van der Waals surface area contributed by atoms with Gasteiger partial charge in [0.15, 0.2) is 0 Å². The Balaban J connectivity index is 2.27. The van der Waals surface area contributed by atoms with Crippen molar-refractivity contribution >= 4 is 6.09 Å². The maximum absolute atomic E-state index is 11.4. The number of ether oxygens (including phenoxy) is 1. The highest BCUT2D eigenvalue weighted by molar-refractivity contribution is 5.67. The van der Waals surface area contributed by atoms with Crippen molar-refractivity contribution in [2.75, 3.05) is 26.7 Å². The summed E-state index contributed by atoms with van der Waals surface area (Å²) in [5, 5.41) is 0. The van der Waals surface area contributed by atoms with E-state index in [0.29, 0.717) is 31.5 Å². The summed E-state index contributed by atoms with van der Waals surface area (Å²) in [6.45, 7) is 3.86. The summed E-state index contributed by atoms with van der Waals surface area (Å²) in [7, 11) is 1.75. The molecule has 1 amide bonds. The predicted molar refractivity (Wildman–Crippen MR) is 59.5 cm³/mol. The minimum Gasteiger partial charge on any atom is -0.449 e. The summed E-state index contributed by atoms with van der Waals surface area (Å²) in [6.07, 6.45) is 3.32. The second-order valence-corrected chi connectivity index (χ2v) is 4.28. The number of amides is 1.